The van der Waals surface area contributed by atoms with Gasteiger partial charge < -0.3 is 9.47 Å². The average molecular weight is 574 g/mol. The monoisotopic (exact) mass is 573 g/mol. The van der Waals surface area contributed by atoms with E-state index in [4.69, 9.17) is 4.65 Å². The maximum atomic E-state index is 7.40. The summed E-state index contributed by atoms with van der Waals surface area (Å²) >= 11 is 0. The van der Waals surface area contributed by atoms with Gasteiger partial charge in [0.25, 0.3) is 0 Å². The molecule has 0 N–H and O–H groups in total. The molecular weight excluding hydrogens is 533 g/mol. The largest absolute Gasteiger partial charge is 0.420 e. The van der Waals surface area contributed by atoms with E-state index in [1.165, 1.54) is 54.8 Å². The van der Waals surface area contributed by atoms with Crippen LogP contribution in [0.4, 0.5) is 0 Å². The molecule has 0 aromatic heterocycles. The molecule has 6 aromatic rings. The zero-order valence-corrected chi connectivity index (χ0v) is 25.9. The molecule has 7 rings (SSSR count). The van der Waals surface area contributed by atoms with Crippen LogP contribution < -0.4 is 5.46 Å². The number of hydrogen-bond donors (Lipinski definition) is 0. The normalized spacial score (nSPS) is 14.9. The molecule has 1 saturated heterocycles. The van der Waals surface area contributed by atoms with Gasteiger partial charge in [-0.3, -0.25) is 0 Å². The molecule has 0 aliphatic carbocycles. The van der Waals surface area contributed by atoms with Crippen molar-refractivity contribution in [2.75, 3.05) is 6.54 Å². The topological polar surface area (TPSA) is 12.5 Å². The number of hydrogen-bond acceptors (Lipinski definition) is 2. The predicted octanol–water partition coefficient (Wildman–Crippen LogP) is 9.89. The Labute approximate surface area is 262 Å². The van der Waals surface area contributed by atoms with E-state index in [1.807, 2.05) is 0 Å². The molecule has 0 bridgehead atoms. The highest BCUT2D eigenvalue weighted by molar-refractivity contribution is 6.67. The first-order chi connectivity index (χ1) is 21.7. The Kier molecular flexibility index (Phi) is 8.08. The van der Waals surface area contributed by atoms with Gasteiger partial charge in [-0.2, -0.15) is 0 Å². The third-order valence-corrected chi connectivity index (χ3v) is 9.32. The second-order valence-electron chi connectivity index (χ2n) is 12.4. The minimum absolute atomic E-state index is 0.157. The molecule has 1 aliphatic heterocycles. The summed E-state index contributed by atoms with van der Waals surface area (Å²) in [7, 11) is -0.157. The van der Waals surface area contributed by atoms with Crippen LogP contribution in [0.15, 0.2) is 133 Å². The summed E-state index contributed by atoms with van der Waals surface area (Å²) in [5.74, 6) is 0. The van der Waals surface area contributed by atoms with Crippen molar-refractivity contribution in [1.29, 1.82) is 0 Å². The summed E-state index contributed by atoms with van der Waals surface area (Å²) < 4.78 is 7.40. The number of rotatable bonds is 9. The van der Waals surface area contributed by atoms with Crippen molar-refractivity contribution >= 4 is 34.1 Å². The fourth-order valence-corrected chi connectivity index (χ4v) is 7.50. The van der Waals surface area contributed by atoms with Gasteiger partial charge in [-0.05, 0) is 67.7 Å². The van der Waals surface area contributed by atoms with Crippen LogP contribution in [-0.2, 0) is 11.2 Å². The number of nitrogens with zero attached hydrogens (tertiary/aromatic N) is 1. The fraction of sp³-hybridized carbons (Fsp3) is 0.220. The summed E-state index contributed by atoms with van der Waals surface area (Å²) in [6.07, 6.45) is 4.35. The summed E-state index contributed by atoms with van der Waals surface area (Å²) in [6, 6.07) is 48.7. The van der Waals surface area contributed by atoms with Gasteiger partial charge in [-0.15, -0.1) is 0 Å². The van der Waals surface area contributed by atoms with Crippen molar-refractivity contribution in [3.05, 3.63) is 139 Å². The van der Waals surface area contributed by atoms with Gasteiger partial charge in [-0.25, -0.2) is 0 Å². The van der Waals surface area contributed by atoms with Crippen LogP contribution in [0.25, 0.3) is 43.8 Å². The van der Waals surface area contributed by atoms with Gasteiger partial charge in [0.05, 0.1) is 5.60 Å². The quantitative estimate of drug-likeness (QED) is 0.160. The van der Waals surface area contributed by atoms with E-state index in [2.05, 4.69) is 152 Å². The van der Waals surface area contributed by atoms with E-state index in [0.717, 1.165) is 38.8 Å². The van der Waals surface area contributed by atoms with Gasteiger partial charge in [0, 0.05) is 13.1 Å². The molecule has 0 atom stereocenters. The van der Waals surface area contributed by atoms with Crippen LogP contribution in [-0.4, -0.2) is 24.0 Å². The Hall–Kier alpha value is -4.18. The Morgan fingerprint density at radius 1 is 0.614 bits per heavy atom. The van der Waals surface area contributed by atoms with Crippen molar-refractivity contribution in [1.82, 2.24) is 4.81 Å². The maximum Gasteiger partial charge on any atom is 0.420 e. The lowest BCUT2D eigenvalue weighted by Crippen LogP contribution is -2.45. The highest BCUT2D eigenvalue weighted by Crippen LogP contribution is 2.42. The minimum atomic E-state index is -0.160. The minimum Gasteiger partial charge on any atom is -0.411 e. The van der Waals surface area contributed by atoms with Crippen molar-refractivity contribution in [3.63, 3.8) is 0 Å². The molecule has 6 aromatic carbocycles. The Bertz CT molecular complexity index is 1880. The van der Waals surface area contributed by atoms with Crippen molar-refractivity contribution in [3.8, 4) is 22.3 Å². The van der Waals surface area contributed by atoms with Crippen LogP contribution in [0.2, 0.25) is 0 Å². The zero-order chi connectivity index (χ0) is 29.9. The molecule has 44 heavy (non-hydrogen) atoms. The zero-order valence-electron chi connectivity index (χ0n) is 25.9. The first-order valence-corrected chi connectivity index (χ1v) is 16.2. The van der Waals surface area contributed by atoms with Gasteiger partial charge >= 0.3 is 7.05 Å². The van der Waals surface area contributed by atoms with E-state index in [-0.39, 0.29) is 12.7 Å². The number of fused-ring (bicyclic) bond motifs is 2. The second-order valence-corrected chi connectivity index (χ2v) is 12.4. The molecular formula is C41H40BNO. The number of benzene rings is 6. The van der Waals surface area contributed by atoms with Crippen molar-refractivity contribution in [2.45, 2.75) is 51.7 Å². The lowest BCUT2D eigenvalue weighted by Gasteiger charge is -2.29. The molecule has 0 saturated carbocycles. The Morgan fingerprint density at radius 3 is 1.84 bits per heavy atom. The van der Waals surface area contributed by atoms with Crippen LogP contribution >= 0.6 is 0 Å². The summed E-state index contributed by atoms with van der Waals surface area (Å²) in [6.45, 7) is 6.37. The highest BCUT2D eigenvalue weighted by Gasteiger charge is 2.48. The smallest absolute Gasteiger partial charge is 0.411 e. The maximum absolute atomic E-state index is 7.40. The van der Waals surface area contributed by atoms with Gasteiger partial charge in [0.2, 0.25) is 0 Å². The molecule has 1 aliphatic rings. The predicted molar refractivity (Wildman–Crippen MR) is 188 cm³/mol. The molecule has 2 nitrogen and oxygen atoms in total. The highest BCUT2D eigenvalue weighted by atomic mass is 16.5. The average Bonchev–Trinajstić information content (AvgIpc) is 3.42. The first kappa shape index (κ1) is 28.6. The fourth-order valence-electron chi connectivity index (χ4n) is 7.50. The van der Waals surface area contributed by atoms with Crippen LogP contribution in [0, 0.1) is 0 Å². The van der Waals surface area contributed by atoms with Crippen LogP contribution in [0.5, 0.6) is 0 Å². The summed E-state index contributed by atoms with van der Waals surface area (Å²) in [5, 5.41) is 5.04. The van der Waals surface area contributed by atoms with Crippen LogP contribution in [0.3, 0.4) is 0 Å². The molecule has 1 heterocycles. The molecule has 0 unspecified atom stereocenters. The third-order valence-electron chi connectivity index (χ3n) is 9.32. The molecule has 0 amide bonds. The van der Waals surface area contributed by atoms with E-state index in [0.29, 0.717) is 0 Å². The van der Waals surface area contributed by atoms with E-state index in [9.17, 15) is 0 Å². The molecule has 0 spiro atoms. The first-order valence-electron chi connectivity index (χ1n) is 16.2. The Balaban J connectivity index is 1.51. The molecule has 0 radical (unpaired) electrons. The Morgan fingerprint density at radius 2 is 1.18 bits per heavy atom. The van der Waals surface area contributed by atoms with Gasteiger partial charge in [0.1, 0.15) is 0 Å². The van der Waals surface area contributed by atoms with E-state index >= 15 is 0 Å². The van der Waals surface area contributed by atoms with Crippen molar-refractivity contribution < 1.29 is 4.65 Å². The summed E-state index contributed by atoms with van der Waals surface area (Å²) in [4.78, 5) is 2.60. The lowest BCUT2D eigenvalue weighted by atomic mass is 9.66. The van der Waals surface area contributed by atoms with E-state index < -0.39 is 0 Å². The summed E-state index contributed by atoms with van der Waals surface area (Å²) in [5.41, 5.74) is 7.46. The lowest BCUT2D eigenvalue weighted by molar-refractivity contribution is 0.0770. The van der Waals surface area contributed by atoms with Crippen LogP contribution in [0.1, 0.15) is 45.1 Å². The third kappa shape index (κ3) is 5.36. The molecule has 3 heteroatoms. The van der Waals surface area contributed by atoms with E-state index in [1.54, 1.807) is 0 Å². The molecule has 1 fully saturated rings. The standard InChI is InChI=1S/C41H40BNO/c1-3-27-41(28-4-2)30-43(29-31-15-7-5-8-16-31)42(44-41)38-26-24-34-20-12-14-22-36(34)40(38)39-35-21-13-11-19-33(35)23-25-37(39)32-17-9-6-10-18-32/h5-26H,3-4,27-30H2,1-2H3. The van der Waals surface area contributed by atoms with Crippen molar-refractivity contribution in [2.24, 2.45) is 0 Å². The molecule has 218 valence electrons. The second kappa shape index (κ2) is 12.4. The SMILES string of the molecule is CCCC1(CCC)CN(Cc2ccccc2)B(c2ccc3ccccc3c2-c2c(-c3ccccc3)ccc3ccccc23)O1. The van der Waals surface area contributed by atoms with Gasteiger partial charge in [-0.1, -0.05) is 160 Å². The van der Waals surface area contributed by atoms with Gasteiger partial charge in [0.15, 0.2) is 0 Å².